The summed E-state index contributed by atoms with van der Waals surface area (Å²) in [7, 11) is 0. The van der Waals surface area contributed by atoms with E-state index in [1.165, 1.54) is 0 Å². The second-order valence-electron chi connectivity index (χ2n) is 5.13. The van der Waals surface area contributed by atoms with Crippen LogP contribution in [0.15, 0.2) is 65.3 Å². The zero-order valence-electron chi connectivity index (χ0n) is 11.7. The van der Waals surface area contributed by atoms with Crippen LogP contribution in [0.1, 0.15) is 15.9 Å². The molecule has 0 saturated carbocycles. The van der Waals surface area contributed by atoms with Crippen molar-refractivity contribution in [1.82, 2.24) is 0 Å². The van der Waals surface area contributed by atoms with E-state index in [-0.39, 0.29) is 5.78 Å². The van der Waals surface area contributed by atoms with Crippen LogP contribution in [-0.4, -0.2) is 5.78 Å². The standard InChI is InChI=1S/C18H15BrNO/c1-13-10-15-4-2-3-5-17(15)20(11-13)12-18(21)14-6-8-16(19)9-7-14/h2-11H,12H2,1H3/q+1. The highest BCUT2D eigenvalue weighted by molar-refractivity contribution is 9.10. The van der Waals surface area contributed by atoms with Crippen molar-refractivity contribution in [2.24, 2.45) is 0 Å². The van der Waals surface area contributed by atoms with Gasteiger partial charge in [-0.3, -0.25) is 4.79 Å². The summed E-state index contributed by atoms with van der Waals surface area (Å²) in [5, 5.41) is 1.15. The normalized spacial score (nSPS) is 10.8. The van der Waals surface area contributed by atoms with Crippen molar-refractivity contribution >= 4 is 32.6 Å². The molecule has 21 heavy (non-hydrogen) atoms. The SMILES string of the molecule is Cc1cc2ccccc2[n+](CC(=O)c2ccc(Br)cc2)c1. The van der Waals surface area contributed by atoms with E-state index in [1.807, 2.05) is 60.2 Å². The fraction of sp³-hybridized carbons (Fsp3) is 0.111. The fourth-order valence-corrected chi connectivity index (χ4v) is 2.75. The Balaban J connectivity index is 1.98. The number of Topliss-reactive ketones (excluding diaryl/α,β-unsaturated/α-hetero) is 1. The molecule has 0 N–H and O–H groups in total. The number of hydrogen-bond donors (Lipinski definition) is 0. The molecule has 0 aliphatic rings. The molecule has 0 fully saturated rings. The lowest BCUT2D eigenvalue weighted by molar-refractivity contribution is -0.657. The Labute approximate surface area is 132 Å². The van der Waals surface area contributed by atoms with Crippen molar-refractivity contribution < 1.29 is 9.36 Å². The first kappa shape index (κ1) is 14.0. The van der Waals surface area contributed by atoms with E-state index in [1.54, 1.807) is 0 Å². The third-order valence-corrected chi connectivity index (χ3v) is 4.00. The van der Waals surface area contributed by atoms with Gasteiger partial charge in [-0.15, -0.1) is 0 Å². The van der Waals surface area contributed by atoms with Crippen LogP contribution >= 0.6 is 15.9 Å². The first-order valence-electron chi connectivity index (χ1n) is 6.81. The van der Waals surface area contributed by atoms with Crippen molar-refractivity contribution in [3.05, 3.63) is 76.4 Å². The quantitative estimate of drug-likeness (QED) is 0.519. The molecular weight excluding hydrogens is 326 g/mol. The number of fused-ring (bicyclic) bond motifs is 1. The maximum Gasteiger partial charge on any atom is 0.227 e. The number of pyridine rings is 1. The highest BCUT2D eigenvalue weighted by Gasteiger charge is 2.15. The molecule has 0 unspecified atom stereocenters. The topological polar surface area (TPSA) is 20.9 Å². The van der Waals surface area contributed by atoms with Gasteiger partial charge in [-0.1, -0.05) is 40.2 Å². The summed E-state index contributed by atoms with van der Waals surface area (Å²) in [5.41, 5.74) is 2.96. The van der Waals surface area contributed by atoms with Crippen LogP contribution < -0.4 is 4.57 Å². The van der Waals surface area contributed by atoms with Crippen molar-refractivity contribution in [3.63, 3.8) is 0 Å². The number of para-hydroxylation sites is 1. The van der Waals surface area contributed by atoms with Crippen molar-refractivity contribution in [1.29, 1.82) is 0 Å². The number of carbonyl (C=O) groups excluding carboxylic acids is 1. The predicted octanol–water partition coefficient (Wildman–Crippen LogP) is 4.08. The van der Waals surface area contributed by atoms with E-state index < -0.39 is 0 Å². The van der Waals surface area contributed by atoms with E-state index in [0.29, 0.717) is 6.54 Å². The minimum absolute atomic E-state index is 0.114. The molecule has 2 aromatic carbocycles. The average Bonchev–Trinajstić information content (AvgIpc) is 2.47. The minimum atomic E-state index is 0.114. The number of halogens is 1. The van der Waals surface area contributed by atoms with Gasteiger partial charge in [-0.25, -0.2) is 0 Å². The Kier molecular flexibility index (Phi) is 3.84. The Hall–Kier alpha value is -2.00. The molecule has 0 radical (unpaired) electrons. The number of hydrogen-bond acceptors (Lipinski definition) is 1. The maximum atomic E-state index is 12.4. The monoisotopic (exact) mass is 340 g/mol. The van der Waals surface area contributed by atoms with Gasteiger partial charge < -0.3 is 0 Å². The van der Waals surface area contributed by atoms with Crippen molar-refractivity contribution in [3.8, 4) is 0 Å². The number of aryl methyl sites for hydroxylation is 1. The number of rotatable bonds is 3. The van der Waals surface area contributed by atoms with Crippen LogP contribution in [0.25, 0.3) is 10.9 Å². The van der Waals surface area contributed by atoms with Gasteiger partial charge in [-0.2, -0.15) is 4.57 Å². The summed E-state index contributed by atoms with van der Waals surface area (Å²) in [6.07, 6.45) is 2.03. The first-order chi connectivity index (χ1) is 10.1. The van der Waals surface area contributed by atoms with Crippen molar-refractivity contribution in [2.45, 2.75) is 13.5 Å². The van der Waals surface area contributed by atoms with Crippen LogP contribution in [0, 0.1) is 6.92 Å². The Morgan fingerprint density at radius 3 is 2.57 bits per heavy atom. The molecule has 0 amide bonds. The van der Waals surface area contributed by atoms with Crippen molar-refractivity contribution in [2.75, 3.05) is 0 Å². The molecule has 1 aromatic heterocycles. The Morgan fingerprint density at radius 2 is 1.81 bits per heavy atom. The molecule has 0 aliphatic carbocycles. The van der Waals surface area contributed by atoms with E-state index in [0.717, 1.165) is 26.5 Å². The predicted molar refractivity (Wildman–Crippen MR) is 87.4 cm³/mol. The van der Waals surface area contributed by atoms with Gasteiger partial charge in [0.05, 0.1) is 0 Å². The average molecular weight is 341 g/mol. The van der Waals surface area contributed by atoms with Gasteiger partial charge >= 0.3 is 0 Å². The van der Waals surface area contributed by atoms with E-state index >= 15 is 0 Å². The second-order valence-corrected chi connectivity index (χ2v) is 6.05. The summed E-state index contributed by atoms with van der Waals surface area (Å²) >= 11 is 3.39. The lowest BCUT2D eigenvalue weighted by Crippen LogP contribution is -2.38. The minimum Gasteiger partial charge on any atom is -0.287 e. The highest BCUT2D eigenvalue weighted by Crippen LogP contribution is 2.13. The van der Waals surface area contributed by atoms with Gasteiger partial charge in [0.25, 0.3) is 0 Å². The first-order valence-corrected chi connectivity index (χ1v) is 7.60. The molecule has 0 spiro atoms. The molecule has 0 aliphatic heterocycles. The molecule has 1 heterocycles. The Bertz CT molecular complexity index is 809. The highest BCUT2D eigenvalue weighted by atomic mass is 79.9. The smallest absolute Gasteiger partial charge is 0.227 e. The van der Waals surface area contributed by atoms with Gasteiger partial charge in [0.1, 0.15) is 0 Å². The molecule has 3 heteroatoms. The molecule has 0 saturated heterocycles. The Morgan fingerprint density at radius 1 is 1.10 bits per heavy atom. The summed E-state index contributed by atoms with van der Waals surface area (Å²) in [4.78, 5) is 12.4. The molecule has 0 atom stereocenters. The molecule has 104 valence electrons. The van der Waals surface area contributed by atoms with Gasteiger partial charge in [0.2, 0.25) is 17.8 Å². The van der Waals surface area contributed by atoms with E-state index in [2.05, 4.69) is 28.1 Å². The zero-order chi connectivity index (χ0) is 14.8. The fourth-order valence-electron chi connectivity index (χ4n) is 2.48. The van der Waals surface area contributed by atoms with E-state index in [9.17, 15) is 4.79 Å². The summed E-state index contributed by atoms with van der Waals surface area (Å²) < 4.78 is 3.00. The number of nitrogens with zero attached hydrogens (tertiary/aromatic N) is 1. The van der Waals surface area contributed by atoms with Crippen LogP contribution in [-0.2, 0) is 6.54 Å². The summed E-state index contributed by atoms with van der Waals surface area (Å²) in [6, 6.07) is 17.8. The molecule has 3 aromatic rings. The lowest BCUT2D eigenvalue weighted by Gasteiger charge is -2.03. The van der Waals surface area contributed by atoms with Crippen LogP contribution in [0.2, 0.25) is 0 Å². The maximum absolute atomic E-state index is 12.4. The number of carbonyl (C=O) groups is 1. The van der Waals surface area contributed by atoms with Gasteiger partial charge in [0, 0.05) is 27.1 Å². The number of ketones is 1. The zero-order valence-corrected chi connectivity index (χ0v) is 13.3. The largest absolute Gasteiger partial charge is 0.287 e. The molecule has 2 nitrogen and oxygen atoms in total. The molecular formula is C18H15BrNO+. The number of aromatic nitrogens is 1. The van der Waals surface area contributed by atoms with Crippen LogP contribution in [0.4, 0.5) is 0 Å². The van der Waals surface area contributed by atoms with E-state index in [4.69, 9.17) is 0 Å². The third-order valence-electron chi connectivity index (χ3n) is 3.47. The van der Waals surface area contributed by atoms with Gasteiger partial charge in [-0.05, 0) is 31.2 Å². The molecule has 3 rings (SSSR count). The second kappa shape index (κ2) is 5.78. The molecule has 0 bridgehead atoms. The lowest BCUT2D eigenvalue weighted by atomic mass is 10.1. The number of benzene rings is 2. The third kappa shape index (κ3) is 3.03. The summed E-state index contributed by atoms with van der Waals surface area (Å²) in [5.74, 6) is 0.114. The van der Waals surface area contributed by atoms with Crippen LogP contribution in [0.5, 0.6) is 0 Å². The van der Waals surface area contributed by atoms with Crippen LogP contribution in [0.3, 0.4) is 0 Å². The van der Waals surface area contributed by atoms with Gasteiger partial charge in [0.15, 0.2) is 6.20 Å². The summed E-state index contributed by atoms with van der Waals surface area (Å²) in [6.45, 7) is 2.40.